The summed E-state index contributed by atoms with van der Waals surface area (Å²) in [6.07, 6.45) is 10.2. The molecule has 0 unspecified atom stereocenters. The Bertz CT molecular complexity index is 472. The molecule has 2 rings (SSSR count). The number of guanidine groups is 1. The number of sulfonamides is 1. The van der Waals surface area contributed by atoms with Crippen molar-refractivity contribution in [1.82, 2.24) is 14.9 Å². The molecule has 0 radical (unpaired) electrons. The van der Waals surface area contributed by atoms with Crippen molar-refractivity contribution in [1.29, 1.82) is 0 Å². The largest absolute Gasteiger partial charge is 0.356 e. The fourth-order valence-electron chi connectivity index (χ4n) is 3.54. The Morgan fingerprint density at radius 2 is 1.87 bits per heavy atom. The summed E-state index contributed by atoms with van der Waals surface area (Å²) in [5.74, 6) is 1.98. The van der Waals surface area contributed by atoms with Gasteiger partial charge in [0, 0.05) is 33.2 Å². The lowest BCUT2D eigenvalue weighted by Gasteiger charge is -2.21. The first-order valence-corrected chi connectivity index (χ1v) is 10.6. The van der Waals surface area contributed by atoms with Gasteiger partial charge in [-0.25, -0.2) is 12.7 Å². The normalized spacial score (nSPS) is 23.1. The van der Waals surface area contributed by atoms with E-state index in [1.807, 2.05) is 0 Å². The van der Waals surface area contributed by atoms with Gasteiger partial charge in [0.1, 0.15) is 0 Å². The van der Waals surface area contributed by atoms with E-state index in [-0.39, 0.29) is 0 Å². The number of hydrogen-bond donors (Lipinski definition) is 2. The fraction of sp³-hybridized carbons (Fsp3) is 0.938. The Morgan fingerprint density at radius 3 is 2.52 bits per heavy atom. The summed E-state index contributed by atoms with van der Waals surface area (Å²) >= 11 is 0. The van der Waals surface area contributed by atoms with Crippen LogP contribution in [0.25, 0.3) is 0 Å². The van der Waals surface area contributed by atoms with E-state index >= 15 is 0 Å². The first-order valence-electron chi connectivity index (χ1n) is 9.04. The molecule has 0 bridgehead atoms. The summed E-state index contributed by atoms with van der Waals surface area (Å²) in [5, 5.41) is 6.53. The van der Waals surface area contributed by atoms with Crippen molar-refractivity contribution < 1.29 is 8.42 Å². The van der Waals surface area contributed by atoms with E-state index < -0.39 is 10.0 Å². The van der Waals surface area contributed by atoms with E-state index in [0.717, 1.165) is 24.8 Å². The molecule has 6 nitrogen and oxygen atoms in total. The highest BCUT2D eigenvalue weighted by atomic mass is 32.2. The molecule has 1 aliphatic heterocycles. The summed E-state index contributed by atoms with van der Waals surface area (Å²) in [6, 6.07) is 0. The van der Waals surface area contributed by atoms with Gasteiger partial charge in [-0.1, -0.05) is 32.1 Å². The van der Waals surface area contributed by atoms with Crippen molar-refractivity contribution >= 4 is 16.0 Å². The van der Waals surface area contributed by atoms with Crippen LogP contribution in [0.4, 0.5) is 0 Å². The van der Waals surface area contributed by atoms with Crippen LogP contribution in [0.3, 0.4) is 0 Å². The zero-order valence-electron chi connectivity index (χ0n) is 14.4. The predicted molar refractivity (Wildman–Crippen MR) is 95.2 cm³/mol. The van der Waals surface area contributed by atoms with Crippen LogP contribution in [0.2, 0.25) is 0 Å². The average molecular weight is 345 g/mol. The maximum absolute atomic E-state index is 11.7. The molecule has 1 aliphatic carbocycles. The highest BCUT2D eigenvalue weighted by Gasteiger charge is 2.27. The topological polar surface area (TPSA) is 73.8 Å². The van der Waals surface area contributed by atoms with Crippen LogP contribution in [-0.4, -0.2) is 57.7 Å². The first kappa shape index (κ1) is 18.5. The molecular weight excluding hydrogens is 312 g/mol. The van der Waals surface area contributed by atoms with Gasteiger partial charge in [0.15, 0.2) is 5.96 Å². The summed E-state index contributed by atoms with van der Waals surface area (Å²) in [5.41, 5.74) is 0. The maximum Gasteiger partial charge on any atom is 0.214 e. The molecule has 0 aromatic carbocycles. The molecule has 1 saturated carbocycles. The molecule has 7 heteroatoms. The molecule has 0 aromatic heterocycles. The van der Waals surface area contributed by atoms with Gasteiger partial charge in [0.05, 0.1) is 5.75 Å². The Morgan fingerprint density at radius 1 is 1.13 bits per heavy atom. The summed E-state index contributed by atoms with van der Waals surface area (Å²) in [7, 11) is -1.24. The first-order chi connectivity index (χ1) is 11.1. The third kappa shape index (κ3) is 6.30. The van der Waals surface area contributed by atoms with Crippen molar-refractivity contribution in [3.63, 3.8) is 0 Å². The standard InChI is InChI=1S/C16H32N4O2S/c1-17-16(18-10-5-9-15-7-3-2-4-8-15)19-11-13-20-12-6-14-23(20,21)22/h15H,2-14H2,1H3,(H2,17,18,19). The molecule has 0 spiro atoms. The summed E-state index contributed by atoms with van der Waals surface area (Å²) in [4.78, 5) is 4.20. The quantitative estimate of drug-likeness (QED) is 0.417. The van der Waals surface area contributed by atoms with E-state index in [4.69, 9.17) is 0 Å². The third-order valence-electron chi connectivity index (χ3n) is 4.89. The molecular formula is C16H32N4O2S. The molecule has 2 aliphatic rings. The SMILES string of the molecule is CN=C(NCCCC1CCCCC1)NCCN1CCCS1(=O)=O. The minimum Gasteiger partial charge on any atom is -0.356 e. The lowest BCUT2D eigenvalue weighted by molar-refractivity contribution is 0.332. The second-order valence-corrected chi connectivity index (χ2v) is 8.73. The number of aliphatic imine (C=N–C) groups is 1. The van der Waals surface area contributed by atoms with E-state index in [9.17, 15) is 8.42 Å². The fourth-order valence-corrected chi connectivity index (χ4v) is 5.06. The van der Waals surface area contributed by atoms with Gasteiger partial charge in [-0.3, -0.25) is 4.99 Å². The number of nitrogens with one attached hydrogen (secondary N) is 2. The van der Waals surface area contributed by atoms with E-state index in [2.05, 4.69) is 15.6 Å². The minimum absolute atomic E-state index is 0.293. The molecule has 2 N–H and O–H groups in total. The second-order valence-electron chi connectivity index (χ2n) is 6.64. The van der Waals surface area contributed by atoms with Crippen molar-refractivity contribution in [2.24, 2.45) is 10.9 Å². The van der Waals surface area contributed by atoms with Crippen LogP contribution < -0.4 is 10.6 Å². The summed E-state index contributed by atoms with van der Waals surface area (Å²) in [6.45, 7) is 2.70. The highest BCUT2D eigenvalue weighted by Crippen LogP contribution is 2.26. The van der Waals surface area contributed by atoms with Gasteiger partial charge in [-0.15, -0.1) is 0 Å². The molecule has 23 heavy (non-hydrogen) atoms. The van der Waals surface area contributed by atoms with Gasteiger partial charge in [-0.05, 0) is 25.2 Å². The predicted octanol–water partition coefficient (Wildman–Crippen LogP) is 1.55. The lowest BCUT2D eigenvalue weighted by Crippen LogP contribution is -2.42. The molecule has 0 aromatic rings. The van der Waals surface area contributed by atoms with Gasteiger partial charge < -0.3 is 10.6 Å². The van der Waals surface area contributed by atoms with Crippen LogP contribution in [-0.2, 0) is 10.0 Å². The third-order valence-corrected chi connectivity index (χ3v) is 6.84. The van der Waals surface area contributed by atoms with Gasteiger partial charge in [0.2, 0.25) is 10.0 Å². The van der Waals surface area contributed by atoms with Crippen LogP contribution in [0.5, 0.6) is 0 Å². The van der Waals surface area contributed by atoms with E-state index in [1.54, 1.807) is 11.4 Å². The molecule has 0 amide bonds. The zero-order valence-corrected chi connectivity index (χ0v) is 15.2. The van der Waals surface area contributed by atoms with Gasteiger partial charge in [0.25, 0.3) is 0 Å². The van der Waals surface area contributed by atoms with Crippen LogP contribution >= 0.6 is 0 Å². The van der Waals surface area contributed by atoms with Crippen molar-refractivity contribution in [2.45, 2.75) is 51.4 Å². The van der Waals surface area contributed by atoms with Crippen LogP contribution in [0.15, 0.2) is 4.99 Å². The highest BCUT2D eigenvalue weighted by molar-refractivity contribution is 7.89. The Kier molecular flexibility index (Phi) is 7.62. The van der Waals surface area contributed by atoms with Crippen LogP contribution in [0.1, 0.15) is 51.4 Å². The number of hydrogen-bond acceptors (Lipinski definition) is 3. The maximum atomic E-state index is 11.7. The Hall–Kier alpha value is -0.820. The van der Waals surface area contributed by atoms with E-state index in [1.165, 1.54) is 44.9 Å². The molecule has 0 atom stereocenters. The number of nitrogens with zero attached hydrogens (tertiary/aromatic N) is 2. The second kappa shape index (κ2) is 9.47. The summed E-state index contributed by atoms with van der Waals surface area (Å²) < 4.78 is 25.0. The number of rotatable bonds is 7. The van der Waals surface area contributed by atoms with Crippen molar-refractivity contribution in [3.05, 3.63) is 0 Å². The molecule has 2 fully saturated rings. The Labute approximate surface area is 141 Å². The van der Waals surface area contributed by atoms with Gasteiger partial charge >= 0.3 is 0 Å². The van der Waals surface area contributed by atoms with Crippen molar-refractivity contribution in [3.8, 4) is 0 Å². The monoisotopic (exact) mass is 344 g/mol. The minimum atomic E-state index is -2.99. The van der Waals surface area contributed by atoms with Crippen molar-refractivity contribution in [2.75, 3.05) is 39.0 Å². The molecule has 1 saturated heterocycles. The van der Waals surface area contributed by atoms with E-state index in [0.29, 0.717) is 25.4 Å². The van der Waals surface area contributed by atoms with Crippen LogP contribution in [0, 0.1) is 5.92 Å². The Balaban J connectivity index is 1.56. The lowest BCUT2D eigenvalue weighted by atomic mass is 9.86. The van der Waals surface area contributed by atoms with Gasteiger partial charge in [-0.2, -0.15) is 0 Å². The average Bonchev–Trinajstić information content (AvgIpc) is 2.89. The zero-order chi connectivity index (χ0) is 16.5. The smallest absolute Gasteiger partial charge is 0.214 e. The molecule has 1 heterocycles. The molecule has 134 valence electrons.